The predicted molar refractivity (Wildman–Crippen MR) is 57.3 cm³/mol. The van der Waals surface area contributed by atoms with Crippen molar-refractivity contribution in [2.45, 2.75) is 13.5 Å². The van der Waals surface area contributed by atoms with Gasteiger partial charge in [0.15, 0.2) is 0 Å². The molecule has 68 valence electrons. The van der Waals surface area contributed by atoms with Gasteiger partial charge in [0.2, 0.25) is 0 Å². The van der Waals surface area contributed by atoms with Crippen molar-refractivity contribution in [2.24, 2.45) is 5.73 Å². The molecule has 2 N–H and O–H groups in total. The highest BCUT2D eigenvalue weighted by molar-refractivity contribution is 7.18. The molecule has 1 aromatic carbocycles. The molecular formula is C9H9ClN2S. The third-order valence-corrected chi connectivity index (χ3v) is 3.17. The summed E-state index contributed by atoms with van der Waals surface area (Å²) in [5.74, 6) is 0. The normalized spacial score (nSPS) is 11.0. The topological polar surface area (TPSA) is 38.9 Å². The quantitative estimate of drug-likeness (QED) is 0.790. The summed E-state index contributed by atoms with van der Waals surface area (Å²) >= 11 is 7.66. The van der Waals surface area contributed by atoms with E-state index in [1.807, 2.05) is 19.1 Å². The smallest absolute Gasteiger partial charge is 0.0907 e. The zero-order chi connectivity index (χ0) is 9.42. The zero-order valence-electron chi connectivity index (χ0n) is 7.17. The second-order valence-electron chi connectivity index (χ2n) is 2.85. The van der Waals surface area contributed by atoms with E-state index in [0.717, 1.165) is 25.8 Å². The maximum atomic E-state index is 6.01. The van der Waals surface area contributed by atoms with Crippen LogP contribution in [0.1, 0.15) is 10.6 Å². The van der Waals surface area contributed by atoms with E-state index in [1.165, 1.54) is 0 Å². The third kappa shape index (κ3) is 1.55. The van der Waals surface area contributed by atoms with Crippen LogP contribution in [0, 0.1) is 6.92 Å². The highest BCUT2D eigenvalue weighted by Gasteiger charge is 2.05. The fraction of sp³-hybridized carbons (Fsp3) is 0.222. The van der Waals surface area contributed by atoms with Crippen LogP contribution in [-0.4, -0.2) is 4.98 Å². The molecule has 2 rings (SSSR count). The Morgan fingerprint density at radius 3 is 3.00 bits per heavy atom. The number of halogens is 1. The summed E-state index contributed by atoms with van der Waals surface area (Å²) in [6.07, 6.45) is 0. The van der Waals surface area contributed by atoms with Gasteiger partial charge >= 0.3 is 0 Å². The Morgan fingerprint density at radius 1 is 1.54 bits per heavy atom. The number of fused-ring (bicyclic) bond motifs is 1. The Balaban J connectivity index is 2.72. The molecule has 0 aliphatic carbocycles. The maximum absolute atomic E-state index is 6.01. The van der Waals surface area contributed by atoms with Crippen molar-refractivity contribution in [3.05, 3.63) is 27.7 Å². The first-order valence-electron chi connectivity index (χ1n) is 3.96. The van der Waals surface area contributed by atoms with E-state index in [4.69, 9.17) is 17.3 Å². The summed E-state index contributed by atoms with van der Waals surface area (Å²) in [7, 11) is 0. The Hall–Kier alpha value is -0.640. The lowest BCUT2D eigenvalue weighted by atomic mass is 10.2. The average Bonchev–Trinajstić information content (AvgIpc) is 2.42. The van der Waals surface area contributed by atoms with Crippen LogP contribution in [0.3, 0.4) is 0 Å². The third-order valence-electron chi connectivity index (χ3n) is 1.88. The van der Waals surface area contributed by atoms with Gasteiger partial charge in [-0.2, -0.15) is 0 Å². The van der Waals surface area contributed by atoms with Crippen molar-refractivity contribution in [3.63, 3.8) is 0 Å². The van der Waals surface area contributed by atoms with Gasteiger partial charge < -0.3 is 5.73 Å². The monoisotopic (exact) mass is 212 g/mol. The van der Waals surface area contributed by atoms with Crippen molar-refractivity contribution in [3.8, 4) is 0 Å². The number of thiazole rings is 1. The Labute approximate surface area is 85.3 Å². The Bertz CT molecular complexity index is 450. The van der Waals surface area contributed by atoms with E-state index in [9.17, 15) is 0 Å². The summed E-state index contributed by atoms with van der Waals surface area (Å²) in [5.41, 5.74) is 7.49. The lowest BCUT2D eigenvalue weighted by Gasteiger charge is -1.99. The first-order valence-corrected chi connectivity index (χ1v) is 5.16. The number of rotatable bonds is 1. The van der Waals surface area contributed by atoms with Crippen LogP contribution in [0.15, 0.2) is 12.1 Å². The minimum atomic E-state index is 0.464. The molecule has 1 aromatic heterocycles. The van der Waals surface area contributed by atoms with Crippen molar-refractivity contribution >= 4 is 33.2 Å². The Kier molecular flexibility index (Phi) is 2.24. The molecule has 0 aliphatic rings. The molecule has 0 amide bonds. The lowest BCUT2D eigenvalue weighted by molar-refractivity contribution is 1.07. The van der Waals surface area contributed by atoms with Gasteiger partial charge in [-0.15, -0.1) is 11.3 Å². The predicted octanol–water partition coefficient (Wildman–Crippen LogP) is 2.72. The largest absolute Gasteiger partial charge is 0.326 e. The van der Waals surface area contributed by atoms with Gasteiger partial charge in [0, 0.05) is 11.6 Å². The first-order chi connectivity index (χ1) is 6.20. The van der Waals surface area contributed by atoms with Crippen LogP contribution >= 0.6 is 22.9 Å². The van der Waals surface area contributed by atoms with Gasteiger partial charge in [0.1, 0.15) is 0 Å². The molecule has 2 aromatic rings. The van der Waals surface area contributed by atoms with Gasteiger partial charge in [-0.25, -0.2) is 4.98 Å². The second kappa shape index (κ2) is 3.25. The molecule has 0 unspecified atom stereocenters. The van der Waals surface area contributed by atoms with Crippen LogP contribution in [0.4, 0.5) is 0 Å². The first kappa shape index (κ1) is 8.94. The molecule has 0 bridgehead atoms. The van der Waals surface area contributed by atoms with Crippen LogP contribution in [0.5, 0.6) is 0 Å². The van der Waals surface area contributed by atoms with E-state index < -0.39 is 0 Å². The molecule has 13 heavy (non-hydrogen) atoms. The summed E-state index contributed by atoms with van der Waals surface area (Å²) in [5, 5.41) is 1.79. The van der Waals surface area contributed by atoms with Crippen LogP contribution < -0.4 is 5.73 Å². The van der Waals surface area contributed by atoms with Gasteiger partial charge in [0.25, 0.3) is 0 Å². The van der Waals surface area contributed by atoms with Crippen LogP contribution in [-0.2, 0) is 6.54 Å². The molecule has 1 heterocycles. The number of hydrogen-bond donors (Lipinski definition) is 1. The summed E-state index contributed by atoms with van der Waals surface area (Å²) < 4.78 is 1.12. The summed E-state index contributed by atoms with van der Waals surface area (Å²) in [6.45, 7) is 2.45. The van der Waals surface area contributed by atoms with E-state index in [2.05, 4.69) is 4.98 Å². The van der Waals surface area contributed by atoms with Crippen molar-refractivity contribution in [2.75, 3.05) is 0 Å². The molecule has 0 saturated carbocycles. The van der Waals surface area contributed by atoms with E-state index >= 15 is 0 Å². The number of aromatic nitrogens is 1. The standard InChI is InChI=1S/C9H9ClN2S/c1-5-12-8-2-6(4-11)7(10)3-9(8)13-5/h2-3H,4,11H2,1H3. The molecule has 0 spiro atoms. The Morgan fingerprint density at radius 2 is 2.31 bits per heavy atom. The highest BCUT2D eigenvalue weighted by atomic mass is 35.5. The number of nitrogens with zero attached hydrogens (tertiary/aromatic N) is 1. The molecule has 0 atom stereocenters. The molecule has 4 heteroatoms. The van der Waals surface area contributed by atoms with E-state index in [-0.39, 0.29) is 0 Å². The SMILES string of the molecule is Cc1nc2cc(CN)c(Cl)cc2s1. The van der Waals surface area contributed by atoms with Gasteiger partial charge in [-0.1, -0.05) is 11.6 Å². The zero-order valence-corrected chi connectivity index (χ0v) is 8.75. The summed E-state index contributed by atoms with van der Waals surface area (Å²) in [6, 6.07) is 3.89. The fourth-order valence-corrected chi connectivity index (χ4v) is 2.42. The number of aryl methyl sites for hydroxylation is 1. The van der Waals surface area contributed by atoms with Gasteiger partial charge in [0.05, 0.1) is 15.2 Å². The average molecular weight is 213 g/mol. The van der Waals surface area contributed by atoms with Crippen LogP contribution in [0.25, 0.3) is 10.2 Å². The van der Waals surface area contributed by atoms with Crippen molar-refractivity contribution < 1.29 is 0 Å². The maximum Gasteiger partial charge on any atom is 0.0907 e. The van der Waals surface area contributed by atoms with Crippen molar-refractivity contribution in [1.82, 2.24) is 4.98 Å². The minimum absolute atomic E-state index is 0.464. The molecule has 0 fully saturated rings. The second-order valence-corrected chi connectivity index (χ2v) is 4.49. The summed E-state index contributed by atoms with van der Waals surface area (Å²) in [4.78, 5) is 4.37. The highest BCUT2D eigenvalue weighted by Crippen LogP contribution is 2.27. The number of hydrogen-bond acceptors (Lipinski definition) is 3. The minimum Gasteiger partial charge on any atom is -0.326 e. The molecular weight excluding hydrogens is 204 g/mol. The van der Waals surface area contributed by atoms with E-state index in [1.54, 1.807) is 11.3 Å². The van der Waals surface area contributed by atoms with Gasteiger partial charge in [-0.3, -0.25) is 0 Å². The molecule has 0 radical (unpaired) electrons. The van der Waals surface area contributed by atoms with Crippen LogP contribution in [0.2, 0.25) is 5.02 Å². The molecule has 0 aliphatic heterocycles. The number of benzene rings is 1. The lowest BCUT2D eigenvalue weighted by Crippen LogP contribution is -1.96. The van der Waals surface area contributed by atoms with Gasteiger partial charge in [-0.05, 0) is 24.6 Å². The van der Waals surface area contributed by atoms with E-state index in [0.29, 0.717) is 6.54 Å². The fourth-order valence-electron chi connectivity index (χ4n) is 1.26. The molecule has 0 saturated heterocycles. The number of nitrogens with two attached hydrogens (primary N) is 1. The van der Waals surface area contributed by atoms with Crippen molar-refractivity contribution in [1.29, 1.82) is 0 Å². The molecule has 2 nitrogen and oxygen atoms in total.